The first-order chi connectivity index (χ1) is 5.25. The molecule has 0 aromatic rings. The van der Waals surface area contributed by atoms with E-state index in [0.29, 0.717) is 6.61 Å². The van der Waals surface area contributed by atoms with Gasteiger partial charge in [0.15, 0.2) is 0 Å². The Kier molecular flexibility index (Phi) is 2.13. The molecule has 1 aliphatic heterocycles. The van der Waals surface area contributed by atoms with E-state index in [-0.39, 0.29) is 5.97 Å². The first kappa shape index (κ1) is 8.05. The molecule has 0 aromatic carbocycles. The lowest BCUT2D eigenvalue weighted by Gasteiger charge is -2.28. The highest BCUT2D eigenvalue weighted by molar-refractivity contribution is 5.81. The molecule has 0 bridgehead atoms. The molecule has 2 nitrogen and oxygen atoms in total. The van der Waals surface area contributed by atoms with Crippen molar-refractivity contribution in [3.05, 3.63) is 25.3 Å². The molecule has 0 aromatic heterocycles. The maximum Gasteiger partial charge on any atom is 0.319 e. The minimum absolute atomic E-state index is 0.214. The first-order valence-corrected chi connectivity index (χ1v) is 3.69. The van der Waals surface area contributed by atoms with Crippen LogP contribution in [0, 0.1) is 5.41 Å². The van der Waals surface area contributed by atoms with Gasteiger partial charge in [0.1, 0.15) is 5.41 Å². The second-order valence-electron chi connectivity index (χ2n) is 2.69. The zero-order valence-corrected chi connectivity index (χ0v) is 6.51. The molecule has 0 saturated carbocycles. The Morgan fingerprint density at radius 3 is 2.45 bits per heavy atom. The first-order valence-electron chi connectivity index (χ1n) is 3.69. The molecule has 1 heterocycles. The topological polar surface area (TPSA) is 26.3 Å². The van der Waals surface area contributed by atoms with Crippen molar-refractivity contribution in [3.63, 3.8) is 0 Å². The van der Waals surface area contributed by atoms with Gasteiger partial charge in [0.25, 0.3) is 0 Å². The number of esters is 1. The average molecular weight is 152 g/mol. The molecule has 0 atom stereocenters. The summed E-state index contributed by atoms with van der Waals surface area (Å²) in [5.41, 5.74) is -0.613. The Morgan fingerprint density at radius 1 is 1.45 bits per heavy atom. The second kappa shape index (κ2) is 2.91. The monoisotopic (exact) mass is 152 g/mol. The molecule has 0 aliphatic carbocycles. The highest BCUT2D eigenvalue weighted by Crippen LogP contribution is 2.31. The van der Waals surface area contributed by atoms with Gasteiger partial charge in [0.05, 0.1) is 6.61 Å². The lowest BCUT2D eigenvalue weighted by Crippen LogP contribution is -2.33. The number of ether oxygens (including phenoxy) is 1. The minimum atomic E-state index is -0.613. The van der Waals surface area contributed by atoms with Crippen LogP contribution in [0.4, 0.5) is 0 Å². The molecule has 0 unspecified atom stereocenters. The Morgan fingerprint density at radius 2 is 2.09 bits per heavy atom. The number of hydrogen-bond acceptors (Lipinski definition) is 2. The molecule has 1 saturated heterocycles. The molecule has 2 heteroatoms. The van der Waals surface area contributed by atoms with E-state index in [1.54, 1.807) is 12.2 Å². The van der Waals surface area contributed by atoms with Crippen molar-refractivity contribution in [3.8, 4) is 0 Å². The molecule has 0 spiro atoms. The van der Waals surface area contributed by atoms with Gasteiger partial charge >= 0.3 is 5.97 Å². The SMILES string of the molecule is C=CC1(C=C)CCCOC1=O. The van der Waals surface area contributed by atoms with Gasteiger partial charge in [-0.3, -0.25) is 4.79 Å². The van der Waals surface area contributed by atoms with Crippen molar-refractivity contribution >= 4 is 5.97 Å². The summed E-state index contributed by atoms with van der Waals surface area (Å²) in [6.07, 6.45) is 4.89. The second-order valence-corrected chi connectivity index (χ2v) is 2.69. The Labute approximate surface area is 66.5 Å². The summed E-state index contributed by atoms with van der Waals surface area (Å²) in [6.45, 7) is 7.74. The Hall–Kier alpha value is -1.05. The van der Waals surface area contributed by atoms with Gasteiger partial charge in [-0.15, -0.1) is 13.2 Å². The maximum absolute atomic E-state index is 11.2. The van der Waals surface area contributed by atoms with Gasteiger partial charge in [-0.2, -0.15) is 0 Å². The number of carbonyl (C=O) groups is 1. The van der Waals surface area contributed by atoms with E-state index in [9.17, 15) is 4.79 Å². The predicted octanol–water partition coefficient (Wildman–Crippen LogP) is 1.68. The summed E-state index contributed by atoms with van der Waals surface area (Å²) >= 11 is 0. The molecule has 0 radical (unpaired) electrons. The van der Waals surface area contributed by atoms with Crippen LogP contribution in [0.5, 0.6) is 0 Å². The van der Waals surface area contributed by atoms with E-state index in [1.165, 1.54) is 0 Å². The molecule has 11 heavy (non-hydrogen) atoms. The summed E-state index contributed by atoms with van der Waals surface area (Å²) in [4.78, 5) is 11.2. The Bertz CT molecular complexity index is 186. The van der Waals surface area contributed by atoms with Crippen LogP contribution in [-0.2, 0) is 9.53 Å². The third-order valence-electron chi connectivity index (χ3n) is 2.08. The van der Waals surface area contributed by atoms with Gasteiger partial charge < -0.3 is 4.74 Å². The maximum atomic E-state index is 11.2. The summed E-state index contributed by atoms with van der Waals surface area (Å²) in [7, 11) is 0. The van der Waals surface area contributed by atoms with E-state index in [1.807, 2.05) is 0 Å². The molecular weight excluding hydrogens is 140 g/mol. The standard InChI is InChI=1S/C9H12O2/c1-3-9(4-2)6-5-7-11-8(9)10/h3-4H,1-2,5-7H2. The van der Waals surface area contributed by atoms with Crippen LogP contribution in [0.15, 0.2) is 25.3 Å². The van der Waals surface area contributed by atoms with Crippen molar-refractivity contribution in [2.24, 2.45) is 5.41 Å². The summed E-state index contributed by atoms with van der Waals surface area (Å²) < 4.78 is 4.89. The highest BCUT2D eigenvalue weighted by Gasteiger charge is 2.36. The summed E-state index contributed by atoms with van der Waals surface area (Å²) in [5.74, 6) is -0.214. The highest BCUT2D eigenvalue weighted by atomic mass is 16.5. The smallest absolute Gasteiger partial charge is 0.319 e. The van der Waals surface area contributed by atoms with E-state index in [2.05, 4.69) is 13.2 Å². The third kappa shape index (κ3) is 1.20. The number of rotatable bonds is 2. The van der Waals surface area contributed by atoms with Crippen LogP contribution in [-0.4, -0.2) is 12.6 Å². The average Bonchev–Trinajstić information content (AvgIpc) is 2.06. The number of hydrogen-bond donors (Lipinski definition) is 0. The van der Waals surface area contributed by atoms with Gasteiger partial charge in [-0.05, 0) is 12.8 Å². The van der Waals surface area contributed by atoms with Crippen molar-refractivity contribution in [2.45, 2.75) is 12.8 Å². The van der Waals surface area contributed by atoms with E-state index in [0.717, 1.165) is 12.8 Å². The van der Waals surface area contributed by atoms with Crippen LogP contribution in [0.2, 0.25) is 0 Å². The van der Waals surface area contributed by atoms with E-state index in [4.69, 9.17) is 4.74 Å². The zero-order valence-electron chi connectivity index (χ0n) is 6.51. The van der Waals surface area contributed by atoms with E-state index >= 15 is 0 Å². The van der Waals surface area contributed by atoms with Gasteiger partial charge in [-0.25, -0.2) is 0 Å². The molecule has 1 rings (SSSR count). The van der Waals surface area contributed by atoms with Crippen LogP contribution >= 0.6 is 0 Å². The molecule has 0 amide bonds. The van der Waals surface area contributed by atoms with Gasteiger partial charge in [-0.1, -0.05) is 12.2 Å². The summed E-state index contributed by atoms with van der Waals surface area (Å²) in [5, 5.41) is 0. The molecule has 1 aliphatic rings. The fraction of sp³-hybridized carbons (Fsp3) is 0.444. The molecule has 1 fully saturated rings. The molecular formula is C9H12O2. The van der Waals surface area contributed by atoms with Crippen LogP contribution < -0.4 is 0 Å². The normalized spacial score (nSPS) is 22.0. The third-order valence-corrected chi connectivity index (χ3v) is 2.08. The number of cyclic esters (lactones) is 1. The van der Waals surface area contributed by atoms with E-state index < -0.39 is 5.41 Å². The van der Waals surface area contributed by atoms with Gasteiger partial charge in [0, 0.05) is 0 Å². The lowest BCUT2D eigenvalue weighted by molar-refractivity contribution is -0.155. The van der Waals surface area contributed by atoms with Crippen LogP contribution in [0.1, 0.15) is 12.8 Å². The molecule has 0 N–H and O–H groups in total. The van der Waals surface area contributed by atoms with Gasteiger partial charge in [0.2, 0.25) is 0 Å². The number of carbonyl (C=O) groups excluding carboxylic acids is 1. The largest absolute Gasteiger partial charge is 0.465 e. The lowest BCUT2D eigenvalue weighted by atomic mass is 9.82. The van der Waals surface area contributed by atoms with Crippen LogP contribution in [0.25, 0.3) is 0 Å². The van der Waals surface area contributed by atoms with Crippen molar-refractivity contribution in [1.82, 2.24) is 0 Å². The zero-order chi connectivity index (χ0) is 8.32. The molecule has 60 valence electrons. The minimum Gasteiger partial charge on any atom is -0.465 e. The van der Waals surface area contributed by atoms with Crippen molar-refractivity contribution in [2.75, 3.05) is 6.61 Å². The van der Waals surface area contributed by atoms with Crippen LogP contribution in [0.3, 0.4) is 0 Å². The quantitative estimate of drug-likeness (QED) is 0.444. The van der Waals surface area contributed by atoms with Crippen molar-refractivity contribution in [1.29, 1.82) is 0 Å². The summed E-state index contributed by atoms with van der Waals surface area (Å²) in [6, 6.07) is 0. The Balaban J connectivity index is 2.86. The fourth-order valence-electron chi connectivity index (χ4n) is 1.22. The fourth-order valence-corrected chi connectivity index (χ4v) is 1.22. The predicted molar refractivity (Wildman–Crippen MR) is 43.0 cm³/mol. The van der Waals surface area contributed by atoms with Crippen molar-refractivity contribution < 1.29 is 9.53 Å².